The van der Waals surface area contributed by atoms with Gasteiger partial charge in [-0.2, -0.15) is 4.68 Å². The summed E-state index contributed by atoms with van der Waals surface area (Å²) in [5, 5.41) is 15.7. The van der Waals surface area contributed by atoms with Crippen LogP contribution in [-0.2, 0) is 4.79 Å². The molecule has 4 saturated carbocycles. The van der Waals surface area contributed by atoms with Crippen LogP contribution >= 0.6 is 11.8 Å². The van der Waals surface area contributed by atoms with E-state index < -0.39 is 0 Å². The van der Waals surface area contributed by atoms with Gasteiger partial charge in [-0.05, 0) is 96.4 Å². The second-order valence-corrected chi connectivity index (χ2v) is 10.00. The number of aromatic nitrogens is 4. The first-order valence-electron chi connectivity index (χ1n) is 10.4. The predicted octanol–water partition coefficient (Wildman–Crippen LogP) is 3.10. The van der Waals surface area contributed by atoms with Gasteiger partial charge in [0.15, 0.2) is 0 Å². The fourth-order valence-corrected chi connectivity index (χ4v) is 6.85. The summed E-state index contributed by atoms with van der Waals surface area (Å²) in [6.45, 7) is 0.833. The molecule has 6 rings (SSSR count). The molecule has 1 aromatic carbocycles. The zero-order valence-corrected chi connectivity index (χ0v) is 17.5. The van der Waals surface area contributed by atoms with Crippen LogP contribution in [0.15, 0.2) is 29.4 Å². The Kier molecular flexibility index (Phi) is 4.97. The van der Waals surface area contributed by atoms with Gasteiger partial charge in [0.1, 0.15) is 5.75 Å². The first kappa shape index (κ1) is 18.9. The summed E-state index contributed by atoms with van der Waals surface area (Å²) in [5.41, 5.74) is 1.20. The molecule has 4 fully saturated rings. The highest BCUT2D eigenvalue weighted by Gasteiger charge is 2.50. The number of ether oxygens (including phenoxy) is 1. The van der Waals surface area contributed by atoms with Crippen molar-refractivity contribution in [2.24, 2.45) is 23.2 Å². The third-order valence-electron chi connectivity index (χ3n) is 6.92. The quantitative estimate of drug-likeness (QED) is 0.703. The van der Waals surface area contributed by atoms with Gasteiger partial charge in [0.25, 0.3) is 0 Å². The Labute approximate surface area is 175 Å². The molecule has 7 nitrogen and oxygen atoms in total. The second kappa shape index (κ2) is 7.63. The first-order chi connectivity index (χ1) is 14.1. The van der Waals surface area contributed by atoms with Gasteiger partial charge >= 0.3 is 0 Å². The average molecular weight is 414 g/mol. The molecule has 4 aliphatic rings. The maximum Gasteiger partial charge on any atom is 0.230 e. The minimum absolute atomic E-state index is 0.0648. The lowest BCUT2D eigenvalue weighted by molar-refractivity contribution is -0.120. The number of amides is 1. The van der Waals surface area contributed by atoms with Crippen LogP contribution in [0, 0.1) is 23.2 Å². The van der Waals surface area contributed by atoms with E-state index in [2.05, 4.69) is 20.8 Å². The predicted molar refractivity (Wildman–Crippen MR) is 110 cm³/mol. The van der Waals surface area contributed by atoms with Crippen LogP contribution in [0.3, 0.4) is 0 Å². The molecule has 4 aliphatic carbocycles. The maximum atomic E-state index is 12.5. The highest BCUT2D eigenvalue weighted by atomic mass is 32.2. The molecule has 0 radical (unpaired) electrons. The number of carbonyl (C=O) groups is 1. The smallest absolute Gasteiger partial charge is 0.230 e. The molecule has 1 heterocycles. The molecule has 0 saturated heterocycles. The summed E-state index contributed by atoms with van der Waals surface area (Å²) < 4.78 is 6.84. The number of rotatable bonds is 7. The first-order valence-corrected chi connectivity index (χ1v) is 11.4. The largest absolute Gasteiger partial charge is 0.497 e. The van der Waals surface area contributed by atoms with E-state index in [1.165, 1.54) is 50.3 Å². The van der Waals surface area contributed by atoms with Crippen molar-refractivity contribution in [3.63, 3.8) is 0 Å². The standard InChI is InChI=1S/C21H27N5O2S/c1-28-18-4-2-17(3-5-18)26-20(23-24-25-26)29-12-19(27)22-13-21-9-14-6-15(10-21)8-16(7-14)11-21/h2-5,14-16H,6-13H2,1H3,(H,22,27). The van der Waals surface area contributed by atoms with E-state index in [0.717, 1.165) is 35.7 Å². The van der Waals surface area contributed by atoms with Crippen molar-refractivity contribution in [3.05, 3.63) is 24.3 Å². The van der Waals surface area contributed by atoms with Crippen molar-refractivity contribution >= 4 is 17.7 Å². The normalized spacial score (nSPS) is 29.8. The van der Waals surface area contributed by atoms with Crippen LogP contribution in [0.1, 0.15) is 38.5 Å². The van der Waals surface area contributed by atoms with Gasteiger partial charge in [-0.1, -0.05) is 11.8 Å². The monoisotopic (exact) mass is 413 g/mol. The molecule has 2 aromatic rings. The Morgan fingerprint density at radius 2 is 1.83 bits per heavy atom. The Morgan fingerprint density at radius 3 is 2.45 bits per heavy atom. The van der Waals surface area contributed by atoms with Gasteiger partial charge < -0.3 is 10.1 Å². The Hall–Kier alpha value is -2.09. The highest BCUT2D eigenvalue weighted by Crippen LogP contribution is 2.59. The summed E-state index contributed by atoms with van der Waals surface area (Å²) in [6, 6.07) is 7.52. The van der Waals surface area contributed by atoms with Crippen molar-refractivity contribution in [1.29, 1.82) is 0 Å². The van der Waals surface area contributed by atoms with Crippen molar-refractivity contribution < 1.29 is 9.53 Å². The van der Waals surface area contributed by atoms with Crippen LogP contribution in [0.2, 0.25) is 0 Å². The van der Waals surface area contributed by atoms with Crippen LogP contribution in [0.4, 0.5) is 0 Å². The summed E-state index contributed by atoms with van der Waals surface area (Å²) in [4.78, 5) is 12.5. The second-order valence-electron chi connectivity index (χ2n) is 9.05. The molecule has 1 N–H and O–H groups in total. The number of tetrazole rings is 1. The third-order valence-corrected chi connectivity index (χ3v) is 7.84. The van der Waals surface area contributed by atoms with Gasteiger partial charge in [0, 0.05) is 6.54 Å². The van der Waals surface area contributed by atoms with Gasteiger partial charge in [-0.3, -0.25) is 4.79 Å². The summed E-state index contributed by atoms with van der Waals surface area (Å²) in [7, 11) is 1.63. The number of carbonyl (C=O) groups excluding carboxylic acids is 1. The Balaban J connectivity index is 1.16. The zero-order valence-electron chi connectivity index (χ0n) is 16.7. The molecule has 1 amide bonds. The molecule has 29 heavy (non-hydrogen) atoms. The number of nitrogens with one attached hydrogen (secondary N) is 1. The minimum atomic E-state index is 0.0648. The number of thioether (sulfide) groups is 1. The molecule has 154 valence electrons. The van der Waals surface area contributed by atoms with Crippen LogP contribution < -0.4 is 10.1 Å². The van der Waals surface area contributed by atoms with Gasteiger partial charge in [0.05, 0.1) is 18.6 Å². The van der Waals surface area contributed by atoms with Crippen LogP contribution in [0.5, 0.6) is 5.75 Å². The number of methoxy groups -OCH3 is 1. The number of benzene rings is 1. The van der Waals surface area contributed by atoms with Gasteiger partial charge in [-0.25, -0.2) is 0 Å². The van der Waals surface area contributed by atoms with E-state index >= 15 is 0 Å². The third kappa shape index (κ3) is 3.86. The number of hydrogen-bond donors (Lipinski definition) is 1. The topological polar surface area (TPSA) is 81.9 Å². The van der Waals surface area contributed by atoms with Crippen molar-refractivity contribution in [1.82, 2.24) is 25.5 Å². The van der Waals surface area contributed by atoms with E-state index in [1.54, 1.807) is 11.8 Å². The Morgan fingerprint density at radius 1 is 1.17 bits per heavy atom. The summed E-state index contributed by atoms with van der Waals surface area (Å²) in [6.07, 6.45) is 8.21. The van der Waals surface area contributed by atoms with E-state index in [1.807, 2.05) is 24.3 Å². The van der Waals surface area contributed by atoms with Crippen LogP contribution in [-0.4, -0.2) is 45.5 Å². The van der Waals surface area contributed by atoms with E-state index in [0.29, 0.717) is 16.3 Å². The SMILES string of the molecule is COc1ccc(-n2nnnc2SCC(=O)NCC23CC4CC(CC(C4)C2)C3)cc1. The fourth-order valence-electron chi connectivity index (χ4n) is 6.13. The summed E-state index contributed by atoms with van der Waals surface area (Å²) >= 11 is 1.37. The van der Waals surface area contributed by atoms with Crippen molar-refractivity contribution in [3.8, 4) is 11.4 Å². The van der Waals surface area contributed by atoms with E-state index in [-0.39, 0.29) is 5.91 Å². The number of nitrogens with zero attached hydrogens (tertiary/aromatic N) is 4. The van der Waals surface area contributed by atoms with E-state index in [4.69, 9.17) is 4.74 Å². The lowest BCUT2D eigenvalue weighted by atomic mass is 9.49. The lowest BCUT2D eigenvalue weighted by Crippen LogP contribution is -2.51. The molecule has 0 spiro atoms. The Bertz CT molecular complexity index is 846. The molecule has 0 aliphatic heterocycles. The molecule has 0 unspecified atom stereocenters. The van der Waals surface area contributed by atoms with Gasteiger partial charge in [0.2, 0.25) is 11.1 Å². The number of hydrogen-bond acceptors (Lipinski definition) is 6. The van der Waals surface area contributed by atoms with Gasteiger partial charge in [-0.15, -0.1) is 5.10 Å². The van der Waals surface area contributed by atoms with E-state index in [9.17, 15) is 4.79 Å². The molecule has 1 aromatic heterocycles. The average Bonchev–Trinajstić information content (AvgIpc) is 3.18. The molecule has 8 heteroatoms. The van der Waals surface area contributed by atoms with Crippen molar-refractivity contribution in [2.45, 2.75) is 43.7 Å². The summed E-state index contributed by atoms with van der Waals surface area (Å²) in [5.74, 6) is 3.88. The van der Waals surface area contributed by atoms with Crippen LogP contribution in [0.25, 0.3) is 5.69 Å². The zero-order chi connectivity index (χ0) is 19.8. The maximum absolute atomic E-state index is 12.5. The van der Waals surface area contributed by atoms with Crippen molar-refractivity contribution in [2.75, 3.05) is 19.4 Å². The molecular weight excluding hydrogens is 386 g/mol. The minimum Gasteiger partial charge on any atom is -0.497 e. The lowest BCUT2D eigenvalue weighted by Gasteiger charge is -2.56. The highest BCUT2D eigenvalue weighted by molar-refractivity contribution is 7.99. The fraction of sp³-hybridized carbons (Fsp3) is 0.619. The molecular formula is C21H27N5O2S. The molecule has 4 bridgehead atoms. The molecule has 0 atom stereocenters.